The van der Waals surface area contributed by atoms with Gasteiger partial charge in [0.25, 0.3) is 0 Å². The summed E-state index contributed by atoms with van der Waals surface area (Å²) in [5.41, 5.74) is 4.56. The van der Waals surface area contributed by atoms with Gasteiger partial charge in [-0.15, -0.1) is 0 Å². The zero-order valence-electron chi connectivity index (χ0n) is 13.7. The molecule has 119 valence electrons. The molecule has 0 spiro atoms. The Morgan fingerprint density at radius 2 is 1.58 bits per heavy atom. The molecule has 0 fully saturated rings. The van der Waals surface area contributed by atoms with Gasteiger partial charge in [-0.25, -0.2) is 0 Å². The van der Waals surface area contributed by atoms with Crippen LogP contribution >= 0.6 is 0 Å². The molecule has 2 aromatic carbocycles. The molecule has 0 heterocycles. The van der Waals surface area contributed by atoms with E-state index in [1.54, 1.807) is 9.56 Å². The summed E-state index contributed by atoms with van der Waals surface area (Å²) in [6, 6.07) is 13.6. The van der Waals surface area contributed by atoms with Gasteiger partial charge in [-0.1, -0.05) is 0 Å². The first-order chi connectivity index (χ1) is 10.7. The van der Waals surface area contributed by atoms with Crippen molar-refractivity contribution in [1.29, 1.82) is 0 Å². The number of hydrogen-bond donors (Lipinski definition) is 0. The number of hydrogen-bond acceptors (Lipinski definition) is 0. The summed E-state index contributed by atoms with van der Waals surface area (Å²) < 4.78 is 3.09. The summed E-state index contributed by atoms with van der Waals surface area (Å²) >= 11 is 1.15. The first-order valence-electron chi connectivity index (χ1n) is 7.71. The van der Waals surface area contributed by atoms with Crippen molar-refractivity contribution < 1.29 is 45.2 Å². The predicted octanol–water partition coefficient (Wildman–Crippen LogP) is -2.07. The predicted molar refractivity (Wildman–Crippen MR) is 90.7 cm³/mol. The third-order valence-electron chi connectivity index (χ3n) is 4.57. The van der Waals surface area contributed by atoms with Crippen LogP contribution in [0.25, 0.3) is 9.45 Å². The average molecular weight is 449 g/mol. The monoisotopic (exact) mass is 449 g/mol. The minimum atomic E-state index is -1.15. The molecular formula is C20H17Cl2GeTi. The fourth-order valence-corrected chi connectivity index (χ4v) is 6.81. The fraction of sp³-hybridized carbons (Fsp3) is 0.150. The van der Waals surface area contributed by atoms with Gasteiger partial charge in [-0.3, -0.25) is 0 Å². The molecule has 0 atom stereocenters. The minimum absolute atomic E-state index is 0. The van der Waals surface area contributed by atoms with E-state index in [1.807, 2.05) is 0 Å². The molecule has 2 aromatic rings. The molecule has 0 aliphatic heterocycles. The van der Waals surface area contributed by atoms with Crippen LogP contribution in [-0.2, 0) is 20.4 Å². The van der Waals surface area contributed by atoms with E-state index in [2.05, 4.69) is 86.6 Å². The maximum Gasteiger partial charge on any atom is -1.00 e. The zero-order chi connectivity index (χ0) is 15.3. The fourth-order valence-electron chi connectivity index (χ4n) is 3.54. The largest absolute Gasteiger partial charge is 1.00 e. The first kappa shape index (κ1) is 19.9. The van der Waals surface area contributed by atoms with Crippen LogP contribution in [-0.4, -0.2) is 13.9 Å². The molecule has 2 aliphatic carbocycles. The molecule has 0 unspecified atom stereocenters. The molecule has 0 aromatic heterocycles. The van der Waals surface area contributed by atoms with Crippen LogP contribution in [0.1, 0.15) is 17.5 Å². The Balaban J connectivity index is 0.00000104. The minimum Gasteiger partial charge on any atom is -1.00 e. The van der Waals surface area contributed by atoms with E-state index in [9.17, 15) is 0 Å². The van der Waals surface area contributed by atoms with Crippen LogP contribution in [0.2, 0.25) is 11.5 Å². The third-order valence-corrected chi connectivity index (χ3v) is 8.52. The number of fused-ring (bicyclic) bond motifs is 2. The average Bonchev–Trinajstić information content (AvgIpc) is 3.15. The van der Waals surface area contributed by atoms with Gasteiger partial charge in [0.15, 0.2) is 0 Å². The molecular weight excluding hydrogens is 432 g/mol. The third kappa shape index (κ3) is 3.08. The van der Waals surface area contributed by atoms with Gasteiger partial charge in [0.1, 0.15) is 0 Å². The van der Waals surface area contributed by atoms with Gasteiger partial charge >= 0.3 is 147 Å². The molecule has 2 aliphatic rings. The second-order valence-electron chi connectivity index (χ2n) is 6.16. The topological polar surface area (TPSA) is 0 Å². The quantitative estimate of drug-likeness (QED) is 0.440. The second kappa shape index (κ2) is 7.89. The Bertz CT molecular complexity index is 1080. The van der Waals surface area contributed by atoms with Crippen LogP contribution < -0.4 is 30.0 Å². The van der Waals surface area contributed by atoms with E-state index in [0.717, 1.165) is 6.42 Å². The molecule has 0 saturated carbocycles. The van der Waals surface area contributed by atoms with Gasteiger partial charge in [0.05, 0.1) is 0 Å². The van der Waals surface area contributed by atoms with E-state index in [-0.39, 0.29) is 24.8 Å². The van der Waals surface area contributed by atoms with Crippen molar-refractivity contribution in [2.24, 2.45) is 0 Å². The second-order valence-corrected chi connectivity index (χ2v) is 12.3. The van der Waals surface area contributed by atoms with E-state index in [0.29, 0.717) is 0 Å². The van der Waals surface area contributed by atoms with Crippen molar-refractivity contribution in [3.63, 3.8) is 0 Å². The van der Waals surface area contributed by atoms with Gasteiger partial charge in [-0.05, 0) is 0 Å². The van der Waals surface area contributed by atoms with E-state index >= 15 is 0 Å². The maximum atomic E-state index is 2.46. The first-order valence-corrected chi connectivity index (χ1v) is 13.7. The SMILES string of the molecule is [CH3][Ge]([CH3])=[c]1ccc2c(c1C1=CC=CC1)[C]([Ti+2])=c1ccccc1=2.[Cl-].[Cl-]. The van der Waals surface area contributed by atoms with Crippen LogP contribution in [0.3, 0.4) is 0 Å². The molecule has 0 nitrogen and oxygen atoms in total. The Kier molecular flexibility index (Phi) is 6.56. The standard InChI is InChI=1S/C20H17Ge.2ClH.Ti/c1-21(2)19-12-11-17-16-10-6-5-9-15(16)13-18(17)20(19)14-7-3-4-8-14;;;/h3-7,9-12H,8H2,1-2H3;2*1H;/q;;;+2/p-2. The van der Waals surface area contributed by atoms with Crippen molar-refractivity contribution in [3.05, 3.63) is 85.4 Å². The van der Waals surface area contributed by atoms with Crippen LogP contribution in [0.15, 0.2) is 54.6 Å². The molecule has 0 radical (unpaired) electrons. The Hall–Kier alpha value is -0.373. The summed E-state index contributed by atoms with van der Waals surface area (Å²) in [6.07, 6.45) is 7.89. The number of benzene rings is 2. The van der Waals surface area contributed by atoms with E-state index in [4.69, 9.17) is 0 Å². The van der Waals surface area contributed by atoms with Crippen LogP contribution in [0.5, 0.6) is 0 Å². The molecule has 0 bridgehead atoms. The normalized spacial score (nSPS) is 13.7. The van der Waals surface area contributed by atoms with Crippen LogP contribution in [0.4, 0.5) is 0 Å². The van der Waals surface area contributed by atoms with Crippen molar-refractivity contribution in [3.8, 4) is 0 Å². The Labute approximate surface area is 170 Å². The maximum absolute atomic E-state index is 2.46. The van der Waals surface area contributed by atoms with Crippen LogP contribution in [0, 0.1) is 14.4 Å². The van der Waals surface area contributed by atoms with Crippen molar-refractivity contribution in [2.45, 2.75) is 17.9 Å². The molecule has 0 N–H and O–H groups in total. The summed E-state index contributed by atoms with van der Waals surface area (Å²) in [4.78, 5) is 0. The van der Waals surface area contributed by atoms with Crippen molar-refractivity contribution in [1.82, 2.24) is 0 Å². The number of halogens is 2. The zero-order valence-corrected chi connectivity index (χ0v) is 18.8. The molecule has 0 amide bonds. The number of allylic oxidation sites excluding steroid dienone is 4. The summed E-state index contributed by atoms with van der Waals surface area (Å²) in [6.45, 7) is 0. The summed E-state index contributed by atoms with van der Waals surface area (Å²) in [7, 11) is 0. The molecule has 4 rings (SSSR count). The summed E-state index contributed by atoms with van der Waals surface area (Å²) in [5, 5.41) is 4.25. The van der Waals surface area contributed by atoms with Gasteiger partial charge in [-0.2, -0.15) is 0 Å². The summed E-state index contributed by atoms with van der Waals surface area (Å²) in [5.74, 6) is 4.93. The molecule has 24 heavy (non-hydrogen) atoms. The van der Waals surface area contributed by atoms with Gasteiger partial charge in [0, 0.05) is 0 Å². The smallest absolute Gasteiger partial charge is 1.00 e. The van der Waals surface area contributed by atoms with Crippen molar-refractivity contribution >= 4 is 23.4 Å². The van der Waals surface area contributed by atoms with Gasteiger partial charge in [0.2, 0.25) is 0 Å². The van der Waals surface area contributed by atoms with Gasteiger partial charge < -0.3 is 24.8 Å². The number of rotatable bonds is 1. The van der Waals surface area contributed by atoms with E-state index < -0.39 is 13.9 Å². The van der Waals surface area contributed by atoms with E-state index in [1.165, 1.54) is 30.7 Å². The molecule has 4 heteroatoms. The molecule has 0 saturated heterocycles. The Morgan fingerprint density at radius 3 is 2.21 bits per heavy atom. The van der Waals surface area contributed by atoms with Crippen molar-refractivity contribution in [2.75, 3.05) is 0 Å². The Morgan fingerprint density at radius 1 is 0.875 bits per heavy atom.